The lowest BCUT2D eigenvalue weighted by Gasteiger charge is -2.44. The van der Waals surface area contributed by atoms with Crippen molar-refractivity contribution in [1.82, 2.24) is 25.0 Å². The van der Waals surface area contributed by atoms with Gasteiger partial charge in [-0.05, 0) is 49.1 Å². The van der Waals surface area contributed by atoms with Gasteiger partial charge in [0.25, 0.3) is 11.8 Å². The van der Waals surface area contributed by atoms with Gasteiger partial charge in [-0.15, -0.1) is 0 Å². The number of rotatable bonds is 3. The lowest BCUT2D eigenvalue weighted by molar-refractivity contribution is -0.314. The fourth-order valence-corrected chi connectivity index (χ4v) is 7.28. The molecular weight excluding hydrogens is 486 g/mol. The van der Waals surface area contributed by atoms with Crippen molar-refractivity contribution in [1.29, 1.82) is 0 Å². The lowest BCUT2D eigenvalue weighted by atomic mass is 9.79. The first-order chi connectivity index (χ1) is 18.1. The molecule has 1 aromatic heterocycles. The highest BCUT2D eigenvalue weighted by molar-refractivity contribution is 6.00. The highest BCUT2D eigenvalue weighted by Gasteiger charge is 2.69. The number of H-pyrrole nitrogens is 1. The normalized spacial score (nSPS) is 34.4. The van der Waals surface area contributed by atoms with Crippen LogP contribution in [0.15, 0.2) is 30.5 Å². The quantitative estimate of drug-likeness (QED) is 0.557. The van der Waals surface area contributed by atoms with Crippen LogP contribution in [0, 0.1) is 11.8 Å². The predicted molar refractivity (Wildman–Crippen MR) is 138 cm³/mol. The Morgan fingerprint density at radius 2 is 2.11 bits per heavy atom. The number of carbonyl (C=O) groups is 3. The minimum absolute atomic E-state index is 0.158. The van der Waals surface area contributed by atoms with Gasteiger partial charge in [-0.2, -0.15) is 0 Å². The maximum Gasteiger partial charge on any atom is 0.281 e. The molecule has 4 aliphatic heterocycles. The molecule has 0 radical (unpaired) electrons. The van der Waals surface area contributed by atoms with Crippen LogP contribution >= 0.6 is 0 Å². The van der Waals surface area contributed by atoms with E-state index in [1.165, 1.54) is 10.9 Å². The topological polar surface area (TPSA) is 118 Å². The van der Waals surface area contributed by atoms with Crippen molar-refractivity contribution < 1.29 is 24.2 Å². The molecule has 200 valence electrons. The number of nitrogens with zero attached hydrogens (tertiary/aromatic N) is 3. The first-order valence-corrected chi connectivity index (χ1v) is 13.5. The number of carbonyl (C=O) groups excluding carboxylic acids is 3. The van der Waals surface area contributed by atoms with E-state index in [2.05, 4.69) is 33.5 Å². The molecule has 5 atom stereocenters. The van der Waals surface area contributed by atoms with Crippen molar-refractivity contribution in [3.63, 3.8) is 0 Å². The first-order valence-electron chi connectivity index (χ1n) is 13.5. The van der Waals surface area contributed by atoms with Crippen LogP contribution in [0.4, 0.5) is 0 Å². The largest absolute Gasteiger partial charge is 0.361 e. The highest BCUT2D eigenvalue weighted by Crippen LogP contribution is 2.46. The van der Waals surface area contributed by atoms with Crippen molar-refractivity contribution in [3.05, 3.63) is 41.6 Å². The fourth-order valence-electron chi connectivity index (χ4n) is 7.28. The second-order valence-electron chi connectivity index (χ2n) is 11.7. The minimum atomic E-state index is -1.96. The molecular formula is C28H33N5O5. The van der Waals surface area contributed by atoms with Gasteiger partial charge in [-0.1, -0.05) is 32.1 Å². The van der Waals surface area contributed by atoms with Crippen molar-refractivity contribution in [3.8, 4) is 0 Å². The van der Waals surface area contributed by atoms with Crippen molar-refractivity contribution in [2.45, 2.75) is 56.8 Å². The molecule has 1 aromatic carbocycles. The highest BCUT2D eigenvalue weighted by atomic mass is 16.7. The van der Waals surface area contributed by atoms with E-state index in [4.69, 9.17) is 4.74 Å². The predicted octanol–water partition coefficient (Wildman–Crippen LogP) is 1.02. The molecule has 38 heavy (non-hydrogen) atoms. The Morgan fingerprint density at radius 3 is 2.89 bits per heavy atom. The van der Waals surface area contributed by atoms with E-state index in [9.17, 15) is 19.5 Å². The maximum absolute atomic E-state index is 13.9. The Hall–Kier alpha value is -3.21. The van der Waals surface area contributed by atoms with E-state index in [0.717, 1.165) is 34.4 Å². The molecule has 2 aromatic rings. The van der Waals surface area contributed by atoms with Crippen LogP contribution in [0.1, 0.15) is 37.8 Å². The van der Waals surface area contributed by atoms with E-state index < -0.39 is 35.4 Å². The summed E-state index contributed by atoms with van der Waals surface area (Å²) in [5, 5.41) is 15.8. The van der Waals surface area contributed by atoms with E-state index in [-0.39, 0.29) is 24.4 Å². The van der Waals surface area contributed by atoms with Crippen LogP contribution in [-0.2, 0) is 25.5 Å². The number of aliphatic hydroxyl groups is 1. The molecule has 0 spiro atoms. The fraction of sp³-hybridized carbons (Fsp3) is 0.536. The number of hydrogen-bond acceptors (Lipinski definition) is 6. The molecule has 7 rings (SSSR count). The molecule has 3 saturated heterocycles. The summed E-state index contributed by atoms with van der Waals surface area (Å²) in [6, 6.07) is 5.69. The second-order valence-corrected chi connectivity index (χ2v) is 11.7. The Bertz CT molecular complexity index is 1420. The molecule has 5 aliphatic rings. The smallest absolute Gasteiger partial charge is 0.281 e. The second kappa shape index (κ2) is 7.91. The van der Waals surface area contributed by atoms with Gasteiger partial charge in [0.05, 0.1) is 5.92 Å². The number of amides is 3. The molecule has 0 bridgehead atoms. The van der Waals surface area contributed by atoms with Gasteiger partial charge >= 0.3 is 0 Å². The van der Waals surface area contributed by atoms with E-state index >= 15 is 0 Å². The molecule has 5 unspecified atom stereocenters. The van der Waals surface area contributed by atoms with Crippen molar-refractivity contribution in [2.75, 3.05) is 26.7 Å². The molecule has 3 amide bonds. The zero-order valence-corrected chi connectivity index (χ0v) is 21.9. The van der Waals surface area contributed by atoms with Crippen LogP contribution in [0.3, 0.4) is 0 Å². The van der Waals surface area contributed by atoms with Gasteiger partial charge in [0.2, 0.25) is 17.5 Å². The lowest BCUT2D eigenvalue weighted by Crippen LogP contribution is -2.67. The average molecular weight is 520 g/mol. The summed E-state index contributed by atoms with van der Waals surface area (Å²) in [6.07, 6.45) is 6.22. The molecule has 5 heterocycles. The first kappa shape index (κ1) is 23.9. The monoisotopic (exact) mass is 519 g/mol. The zero-order chi connectivity index (χ0) is 26.6. The van der Waals surface area contributed by atoms with Gasteiger partial charge < -0.3 is 20.3 Å². The van der Waals surface area contributed by atoms with Crippen LogP contribution < -0.4 is 5.32 Å². The van der Waals surface area contributed by atoms with Crippen molar-refractivity contribution in [2.24, 2.45) is 11.8 Å². The van der Waals surface area contributed by atoms with Gasteiger partial charge in [0.15, 0.2) is 0 Å². The average Bonchev–Trinajstić information content (AvgIpc) is 3.59. The van der Waals surface area contributed by atoms with Gasteiger partial charge in [0, 0.05) is 42.1 Å². The molecule has 1 aliphatic carbocycles. The van der Waals surface area contributed by atoms with E-state index in [1.54, 1.807) is 18.7 Å². The Balaban J connectivity index is 1.23. The molecule has 10 nitrogen and oxygen atoms in total. The summed E-state index contributed by atoms with van der Waals surface area (Å²) in [4.78, 5) is 48.7. The van der Waals surface area contributed by atoms with Gasteiger partial charge in [-0.3, -0.25) is 28.9 Å². The van der Waals surface area contributed by atoms with Gasteiger partial charge in [-0.25, -0.2) is 0 Å². The number of aromatic amines is 1. The summed E-state index contributed by atoms with van der Waals surface area (Å²) in [5.74, 6) is -4.08. The van der Waals surface area contributed by atoms with Crippen molar-refractivity contribution >= 4 is 34.2 Å². The summed E-state index contributed by atoms with van der Waals surface area (Å²) in [5.41, 5.74) is 2.82. The number of aromatic nitrogens is 1. The maximum atomic E-state index is 13.9. The van der Waals surface area contributed by atoms with E-state index in [1.807, 2.05) is 19.2 Å². The van der Waals surface area contributed by atoms with E-state index in [0.29, 0.717) is 19.5 Å². The molecule has 0 saturated carbocycles. The number of likely N-dealkylation sites (N-methyl/N-ethyl adjacent to an activating group) is 1. The molecule has 3 fully saturated rings. The third kappa shape index (κ3) is 3.02. The number of fused-ring (bicyclic) bond motifs is 5. The van der Waals surface area contributed by atoms with Crippen LogP contribution in [0.2, 0.25) is 0 Å². The summed E-state index contributed by atoms with van der Waals surface area (Å²) in [6.45, 7) is 4.31. The number of hydrogen-bond donors (Lipinski definition) is 3. The van der Waals surface area contributed by atoms with Crippen LogP contribution in [-0.4, -0.2) is 92.9 Å². The van der Waals surface area contributed by atoms with Crippen LogP contribution in [0.25, 0.3) is 16.5 Å². The Kier molecular flexibility index (Phi) is 4.97. The standard InChI is InChI=1S/C28H33N5O5/c1-15(2)27(26(36)33-14-23(34)32-9-5-8-22(32)28(33,37)38-27)30-25(35)17-10-19-18-6-4-7-20-24(18)16(12-29-20)11-21(19)31(3)13-17/h4,6-7,10,12,15,17,21-22,29,37H,5,8-9,11,13-14H2,1-3H3,(H,30,35). The summed E-state index contributed by atoms with van der Waals surface area (Å²) < 4.78 is 6.22. The number of piperazine rings is 1. The Morgan fingerprint density at radius 1 is 1.29 bits per heavy atom. The minimum Gasteiger partial charge on any atom is -0.361 e. The molecule has 3 N–H and O–H groups in total. The van der Waals surface area contributed by atoms with Gasteiger partial charge in [0.1, 0.15) is 12.6 Å². The number of ether oxygens (including phenoxy) is 1. The Labute approximate surface area is 220 Å². The summed E-state index contributed by atoms with van der Waals surface area (Å²) >= 11 is 0. The molecule has 10 heteroatoms. The summed E-state index contributed by atoms with van der Waals surface area (Å²) in [7, 11) is 2.02. The third-order valence-electron chi connectivity index (χ3n) is 9.29. The number of nitrogens with one attached hydrogen (secondary N) is 2. The SMILES string of the molecule is CC(C)C1(NC(=O)C2C=C3c4cccc5[nH]cc(c45)CC3N(C)C2)OC2(O)C3CCCN3C(=O)CN2C1=O. The van der Waals surface area contributed by atoms with Crippen LogP contribution in [0.5, 0.6) is 0 Å². The number of benzene rings is 1. The zero-order valence-electron chi connectivity index (χ0n) is 21.9. The third-order valence-corrected chi connectivity index (χ3v) is 9.29.